The summed E-state index contributed by atoms with van der Waals surface area (Å²) in [6.45, 7) is 0. The molecule has 52 heavy (non-hydrogen) atoms. The molecule has 0 unspecified atom stereocenters. The second-order valence-electron chi connectivity index (χ2n) is 13.3. The van der Waals surface area contributed by atoms with Crippen LogP contribution in [-0.4, -0.2) is 24.1 Å². The Hall–Kier alpha value is -7.11. The molecular formula is C47H29N5. The van der Waals surface area contributed by atoms with E-state index in [2.05, 4.69) is 167 Å². The molecule has 5 nitrogen and oxygen atoms in total. The summed E-state index contributed by atoms with van der Waals surface area (Å²) in [4.78, 5) is 15.8. The minimum Gasteiger partial charge on any atom is -0.309 e. The van der Waals surface area contributed by atoms with Crippen LogP contribution in [0.2, 0.25) is 0 Å². The molecule has 11 rings (SSSR count). The van der Waals surface area contributed by atoms with Crippen LogP contribution in [0.4, 0.5) is 0 Å². The monoisotopic (exact) mass is 663 g/mol. The lowest BCUT2D eigenvalue weighted by Crippen LogP contribution is -2.06. The van der Waals surface area contributed by atoms with Crippen LogP contribution >= 0.6 is 0 Å². The van der Waals surface area contributed by atoms with Gasteiger partial charge < -0.3 is 4.57 Å². The fourth-order valence-electron chi connectivity index (χ4n) is 8.04. The Bertz CT molecular complexity index is 3180. The van der Waals surface area contributed by atoms with Crippen LogP contribution in [0.3, 0.4) is 0 Å². The van der Waals surface area contributed by atoms with Crippen LogP contribution in [0.5, 0.6) is 0 Å². The molecule has 0 radical (unpaired) electrons. The predicted octanol–water partition coefficient (Wildman–Crippen LogP) is 11.7. The molecule has 0 amide bonds. The molecule has 5 heteroatoms. The number of benzene rings is 8. The van der Waals surface area contributed by atoms with Crippen LogP contribution < -0.4 is 0 Å². The highest BCUT2D eigenvalue weighted by Crippen LogP contribution is 2.40. The van der Waals surface area contributed by atoms with E-state index in [0.717, 1.165) is 54.9 Å². The molecule has 0 saturated carbocycles. The number of fused-ring (bicyclic) bond motifs is 9. The molecule has 0 aliphatic carbocycles. The fourth-order valence-corrected chi connectivity index (χ4v) is 8.04. The maximum absolute atomic E-state index is 5.37. The lowest BCUT2D eigenvalue weighted by atomic mass is 9.97. The van der Waals surface area contributed by atoms with Gasteiger partial charge in [-0.05, 0) is 64.0 Å². The topological polar surface area (TPSA) is 48.5 Å². The largest absolute Gasteiger partial charge is 0.309 e. The first kappa shape index (κ1) is 28.7. The van der Waals surface area contributed by atoms with Gasteiger partial charge in [0.15, 0.2) is 11.6 Å². The minimum absolute atomic E-state index is 0.578. The van der Waals surface area contributed by atoms with E-state index in [1.165, 1.54) is 27.1 Å². The quantitative estimate of drug-likeness (QED) is 0.176. The Morgan fingerprint density at radius 2 is 0.865 bits per heavy atom. The zero-order chi connectivity index (χ0) is 34.2. The summed E-state index contributed by atoms with van der Waals surface area (Å²) in [7, 11) is 0. The van der Waals surface area contributed by atoms with Gasteiger partial charge in [-0.15, -0.1) is 0 Å². The second-order valence-corrected chi connectivity index (χ2v) is 13.3. The van der Waals surface area contributed by atoms with Gasteiger partial charge in [-0.2, -0.15) is 9.97 Å². The highest BCUT2D eigenvalue weighted by atomic mass is 15.2. The summed E-state index contributed by atoms with van der Waals surface area (Å²) in [6, 6.07) is 62.0. The molecule has 0 N–H and O–H groups in total. The van der Waals surface area contributed by atoms with Crippen molar-refractivity contribution in [2.75, 3.05) is 0 Å². The van der Waals surface area contributed by atoms with E-state index in [1.807, 2.05) is 18.2 Å². The maximum atomic E-state index is 5.37. The van der Waals surface area contributed by atoms with E-state index in [9.17, 15) is 0 Å². The highest BCUT2D eigenvalue weighted by Gasteiger charge is 2.22. The molecule has 0 aliphatic heterocycles. The molecule has 0 fully saturated rings. The van der Waals surface area contributed by atoms with Crippen LogP contribution in [0, 0.1) is 0 Å². The van der Waals surface area contributed by atoms with Crippen LogP contribution in [0.25, 0.3) is 99.6 Å². The first-order chi connectivity index (χ1) is 25.8. The molecular weight excluding hydrogens is 635 g/mol. The molecule has 0 spiro atoms. The third-order valence-electron chi connectivity index (χ3n) is 10.3. The Morgan fingerprint density at radius 3 is 1.60 bits per heavy atom. The van der Waals surface area contributed by atoms with Gasteiger partial charge in [0.1, 0.15) is 0 Å². The standard InChI is InChI=1S/C47H29N5/c1-3-15-30(16-4-1)45-48-46(40-27-31-17-7-8-20-33(31)34-21-9-10-22-35(34)40)50-47(49-45)52-42-26-14-12-24-37(42)39-28-38-36-23-11-13-25-41(36)51(43(38)29-44(39)52)32-18-5-2-6-19-32/h1-29H. The summed E-state index contributed by atoms with van der Waals surface area (Å²) in [5.41, 5.74) is 7.40. The molecule has 11 aromatic rings. The van der Waals surface area contributed by atoms with Gasteiger partial charge in [-0.25, -0.2) is 4.98 Å². The third kappa shape index (κ3) is 4.26. The van der Waals surface area contributed by atoms with Crippen molar-refractivity contribution in [2.45, 2.75) is 0 Å². The third-order valence-corrected chi connectivity index (χ3v) is 10.3. The first-order valence-electron chi connectivity index (χ1n) is 17.5. The Balaban J connectivity index is 1.26. The lowest BCUT2D eigenvalue weighted by Gasteiger charge is -2.13. The van der Waals surface area contributed by atoms with Crippen LogP contribution in [0.15, 0.2) is 176 Å². The van der Waals surface area contributed by atoms with E-state index in [0.29, 0.717) is 17.6 Å². The van der Waals surface area contributed by atoms with E-state index in [-0.39, 0.29) is 0 Å². The van der Waals surface area contributed by atoms with Gasteiger partial charge >= 0.3 is 0 Å². The summed E-state index contributed by atoms with van der Waals surface area (Å²) < 4.78 is 4.58. The van der Waals surface area contributed by atoms with E-state index in [4.69, 9.17) is 15.0 Å². The smallest absolute Gasteiger partial charge is 0.238 e. The van der Waals surface area contributed by atoms with Crippen molar-refractivity contribution in [3.05, 3.63) is 176 Å². The second kappa shape index (κ2) is 11.2. The zero-order valence-electron chi connectivity index (χ0n) is 28.0. The predicted molar refractivity (Wildman–Crippen MR) is 214 cm³/mol. The maximum Gasteiger partial charge on any atom is 0.238 e. The highest BCUT2D eigenvalue weighted by molar-refractivity contribution is 6.19. The van der Waals surface area contributed by atoms with Crippen molar-refractivity contribution in [2.24, 2.45) is 0 Å². The molecule has 3 aromatic heterocycles. The van der Waals surface area contributed by atoms with E-state index in [1.54, 1.807) is 0 Å². The molecule has 0 bridgehead atoms. The van der Waals surface area contributed by atoms with Crippen molar-refractivity contribution in [3.63, 3.8) is 0 Å². The summed E-state index contributed by atoms with van der Waals surface area (Å²) >= 11 is 0. The summed E-state index contributed by atoms with van der Waals surface area (Å²) in [5.74, 6) is 1.84. The fraction of sp³-hybridized carbons (Fsp3) is 0. The van der Waals surface area contributed by atoms with Gasteiger partial charge in [-0.1, -0.05) is 133 Å². The van der Waals surface area contributed by atoms with Crippen molar-refractivity contribution in [1.82, 2.24) is 24.1 Å². The van der Waals surface area contributed by atoms with Gasteiger partial charge in [-0.3, -0.25) is 4.57 Å². The molecule has 3 heterocycles. The van der Waals surface area contributed by atoms with Crippen LogP contribution in [-0.2, 0) is 0 Å². The zero-order valence-corrected chi connectivity index (χ0v) is 28.0. The van der Waals surface area contributed by atoms with E-state index < -0.39 is 0 Å². The normalized spacial score (nSPS) is 11.8. The first-order valence-corrected chi connectivity index (χ1v) is 17.5. The lowest BCUT2D eigenvalue weighted by molar-refractivity contribution is 0.954. The number of aromatic nitrogens is 5. The molecule has 0 atom stereocenters. The van der Waals surface area contributed by atoms with Gasteiger partial charge in [0.05, 0.1) is 22.1 Å². The van der Waals surface area contributed by atoms with Crippen molar-refractivity contribution in [3.8, 4) is 34.4 Å². The van der Waals surface area contributed by atoms with E-state index >= 15 is 0 Å². The average molecular weight is 664 g/mol. The number of para-hydroxylation sites is 3. The number of hydrogen-bond acceptors (Lipinski definition) is 3. The van der Waals surface area contributed by atoms with Crippen molar-refractivity contribution in [1.29, 1.82) is 0 Å². The summed E-state index contributed by atoms with van der Waals surface area (Å²) in [6.07, 6.45) is 0. The minimum atomic E-state index is 0.578. The van der Waals surface area contributed by atoms with Crippen molar-refractivity contribution < 1.29 is 0 Å². The molecule has 0 aliphatic rings. The number of rotatable bonds is 4. The van der Waals surface area contributed by atoms with Gasteiger partial charge in [0.25, 0.3) is 0 Å². The Labute approximate surface area is 298 Å². The van der Waals surface area contributed by atoms with Gasteiger partial charge in [0.2, 0.25) is 5.95 Å². The average Bonchev–Trinajstić information content (AvgIpc) is 3.72. The van der Waals surface area contributed by atoms with Crippen LogP contribution in [0.1, 0.15) is 0 Å². The number of nitrogens with zero attached hydrogens (tertiary/aromatic N) is 5. The summed E-state index contributed by atoms with van der Waals surface area (Å²) in [5, 5.41) is 9.36. The molecule has 0 saturated heterocycles. The Morgan fingerprint density at radius 1 is 0.327 bits per heavy atom. The SMILES string of the molecule is c1ccc(-c2nc(-c3cc4ccccc4c4ccccc34)nc(-n3c4ccccc4c4cc5c6ccccc6n(-c6ccccc6)c5cc43)n2)cc1. The molecule has 8 aromatic carbocycles. The molecule has 242 valence electrons. The van der Waals surface area contributed by atoms with Crippen molar-refractivity contribution >= 4 is 65.2 Å². The Kier molecular flexibility index (Phi) is 6.18. The number of hydrogen-bond donors (Lipinski definition) is 0. The van der Waals surface area contributed by atoms with Gasteiger partial charge in [0, 0.05) is 38.4 Å².